The molecule has 0 aliphatic carbocycles. The summed E-state index contributed by atoms with van der Waals surface area (Å²) < 4.78 is 28.5. The number of thiazole rings is 1. The summed E-state index contributed by atoms with van der Waals surface area (Å²) in [6.45, 7) is 1.92. The molecule has 0 atom stereocenters. The van der Waals surface area contributed by atoms with Gasteiger partial charge < -0.3 is 23.7 Å². The van der Waals surface area contributed by atoms with Gasteiger partial charge in [-0.3, -0.25) is 10.1 Å². The second-order valence-corrected chi connectivity index (χ2v) is 9.24. The fourth-order valence-electron chi connectivity index (χ4n) is 3.84. The highest BCUT2D eigenvalue weighted by Gasteiger charge is 2.13. The van der Waals surface area contributed by atoms with Crippen molar-refractivity contribution in [1.82, 2.24) is 4.98 Å². The SMILES string of the molecule is CCc1ccc2nc(NC(=O)COc3cc(/C=C\c4cc(OC)c(OC)c(OC)c4)ccc3OC)sc2c1. The zero-order valence-electron chi connectivity index (χ0n) is 22.0. The van der Waals surface area contributed by atoms with Crippen LogP contribution < -0.4 is 29.0 Å². The number of amides is 1. The average molecular weight is 535 g/mol. The molecule has 9 heteroatoms. The van der Waals surface area contributed by atoms with Crippen LogP contribution in [0.1, 0.15) is 23.6 Å². The number of carbonyl (C=O) groups excluding carboxylic acids is 1. The van der Waals surface area contributed by atoms with Crippen LogP contribution in [0.3, 0.4) is 0 Å². The van der Waals surface area contributed by atoms with Crippen LogP contribution in [-0.2, 0) is 11.2 Å². The molecule has 3 aromatic carbocycles. The van der Waals surface area contributed by atoms with Crippen LogP contribution in [-0.4, -0.2) is 45.9 Å². The Morgan fingerprint density at radius 2 is 1.53 bits per heavy atom. The Bertz CT molecular complexity index is 1440. The Balaban J connectivity index is 1.46. The predicted octanol–water partition coefficient (Wildman–Crippen LogP) is 6.08. The second-order valence-electron chi connectivity index (χ2n) is 8.21. The lowest BCUT2D eigenvalue weighted by molar-refractivity contribution is -0.118. The minimum Gasteiger partial charge on any atom is -0.493 e. The van der Waals surface area contributed by atoms with Crippen molar-refractivity contribution in [2.24, 2.45) is 0 Å². The monoisotopic (exact) mass is 534 g/mol. The molecular weight excluding hydrogens is 504 g/mol. The molecule has 0 aliphatic heterocycles. The highest BCUT2D eigenvalue weighted by atomic mass is 32.1. The van der Waals surface area contributed by atoms with Gasteiger partial charge in [0.25, 0.3) is 5.91 Å². The van der Waals surface area contributed by atoms with E-state index >= 15 is 0 Å². The summed E-state index contributed by atoms with van der Waals surface area (Å²) in [6.07, 6.45) is 4.78. The summed E-state index contributed by atoms with van der Waals surface area (Å²) in [5.74, 6) is 2.33. The molecule has 4 rings (SSSR count). The van der Waals surface area contributed by atoms with Crippen molar-refractivity contribution >= 4 is 44.7 Å². The Kier molecular flexibility index (Phi) is 8.70. The molecule has 0 radical (unpaired) electrons. The third-order valence-electron chi connectivity index (χ3n) is 5.81. The van der Waals surface area contributed by atoms with Gasteiger partial charge in [0.15, 0.2) is 34.7 Å². The zero-order chi connectivity index (χ0) is 27.1. The molecule has 1 heterocycles. The van der Waals surface area contributed by atoms with Crippen molar-refractivity contribution in [3.8, 4) is 28.7 Å². The smallest absolute Gasteiger partial charge is 0.264 e. The molecule has 0 unspecified atom stereocenters. The highest BCUT2D eigenvalue weighted by Crippen LogP contribution is 2.39. The fourth-order valence-corrected chi connectivity index (χ4v) is 4.79. The maximum absolute atomic E-state index is 12.6. The summed E-state index contributed by atoms with van der Waals surface area (Å²) in [7, 11) is 6.27. The first kappa shape index (κ1) is 26.8. The number of fused-ring (bicyclic) bond motifs is 1. The van der Waals surface area contributed by atoms with Crippen LogP contribution in [0.2, 0.25) is 0 Å². The molecule has 0 fully saturated rings. The number of ether oxygens (including phenoxy) is 5. The van der Waals surface area contributed by atoms with Crippen molar-refractivity contribution in [2.45, 2.75) is 13.3 Å². The fraction of sp³-hybridized carbons (Fsp3) is 0.241. The van der Waals surface area contributed by atoms with E-state index in [1.54, 1.807) is 34.5 Å². The van der Waals surface area contributed by atoms with Gasteiger partial charge >= 0.3 is 0 Å². The maximum Gasteiger partial charge on any atom is 0.264 e. The summed E-state index contributed by atoms with van der Waals surface area (Å²) in [4.78, 5) is 17.1. The van der Waals surface area contributed by atoms with Crippen LogP contribution >= 0.6 is 11.3 Å². The lowest BCUT2D eigenvalue weighted by Gasteiger charge is -2.13. The Labute approximate surface area is 225 Å². The topological polar surface area (TPSA) is 88.1 Å². The summed E-state index contributed by atoms with van der Waals surface area (Å²) in [5.41, 5.74) is 3.80. The lowest BCUT2D eigenvalue weighted by atomic mass is 10.1. The average Bonchev–Trinajstić information content (AvgIpc) is 3.35. The van der Waals surface area contributed by atoms with Gasteiger partial charge in [-0.05, 0) is 59.5 Å². The number of rotatable bonds is 11. The molecule has 0 spiro atoms. The van der Waals surface area contributed by atoms with Crippen LogP contribution in [0.25, 0.3) is 22.4 Å². The van der Waals surface area contributed by atoms with Gasteiger partial charge in [0.05, 0.1) is 38.7 Å². The summed E-state index contributed by atoms with van der Waals surface area (Å²) in [5, 5.41) is 3.36. The number of carbonyl (C=O) groups is 1. The van der Waals surface area contributed by atoms with Crippen LogP contribution in [0.4, 0.5) is 5.13 Å². The Hall–Kier alpha value is -4.24. The zero-order valence-corrected chi connectivity index (χ0v) is 22.8. The first-order chi connectivity index (χ1) is 18.5. The number of aryl methyl sites for hydroxylation is 1. The summed E-state index contributed by atoms with van der Waals surface area (Å²) >= 11 is 1.44. The molecular formula is C29H30N2O6S. The van der Waals surface area contributed by atoms with E-state index in [9.17, 15) is 4.79 Å². The number of hydrogen-bond donors (Lipinski definition) is 1. The van der Waals surface area contributed by atoms with Gasteiger partial charge in [0, 0.05) is 0 Å². The Morgan fingerprint density at radius 1 is 0.842 bits per heavy atom. The number of benzene rings is 3. The molecule has 198 valence electrons. The van der Waals surface area contributed by atoms with Crippen molar-refractivity contribution < 1.29 is 28.5 Å². The first-order valence-electron chi connectivity index (χ1n) is 12.0. The highest BCUT2D eigenvalue weighted by molar-refractivity contribution is 7.22. The standard InChI is InChI=1S/C29H30N2O6S/c1-6-18-9-11-21-26(16-18)38-29(30-21)31-27(32)17-37-23-13-19(10-12-22(23)33-2)7-8-20-14-24(34-3)28(36-5)25(15-20)35-4/h7-16H,6,17H2,1-5H3,(H,30,31,32)/b8-7-. The van der Waals surface area contributed by atoms with Gasteiger partial charge in [-0.25, -0.2) is 4.98 Å². The van der Waals surface area contributed by atoms with E-state index in [1.807, 2.05) is 48.6 Å². The third kappa shape index (κ3) is 6.18. The van der Waals surface area contributed by atoms with Gasteiger partial charge in [-0.1, -0.05) is 42.5 Å². The molecule has 0 aliphatic rings. The van der Waals surface area contributed by atoms with Crippen molar-refractivity contribution in [2.75, 3.05) is 40.4 Å². The van der Waals surface area contributed by atoms with Gasteiger partial charge in [-0.15, -0.1) is 0 Å². The molecule has 0 bridgehead atoms. The largest absolute Gasteiger partial charge is 0.493 e. The van der Waals surface area contributed by atoms with E-state index in [1.165, 1.54) is 16.9 Å². The summed E-state index contributed by atoms with van der Waals surface area (Å²) in [6, 6.07) is 15.3. The molecule has 38 heavy (non-hydrogen) atoms. The molecule has 1 amide bonds. The predicted molar refractivity (Wildman–Crippen MR) is 151 cm³/mol. The number of aromatic nitrogens is 1. The Morgan fingerprint density at radius 3 is 2.18 bits per heavy atom. The molecule has 0 saturated carbocycles. The maximum atomic E-state index is 12.6. The van der Waals surface area contributed by atoms with Crippen molar-refractivity contribution in [3.63, 3.8) is 0 Å². The van der Waals surface area contributed by atoms with Gasteiger partial charge in [0.1, 0.15) is 0 Å². The van der Waals surface area contributed by atoms with E-state index in [4.69, 9.17) is 23.7 Å². The number of nitrogens with one attached hydrogen (secondary N) is 1. The van der Waals surface area contributed by atoms with Gasteiger partial charge in [0.2, 0.25) is 5.75 Å². The number of anilines is 1. The first-order valence-corrected chi connectivity index (χ1v) is 12.8. The van der Waals surface area contributed by atoms with Crippen LogP contribution in [0.5, 0.6) is 28.7 Å². The number of methoxy groups -OCH3 is 4. The quantitative estimate of drug-likeness (QED) is 0.233. The molecule has 4 aromatic rings. The van der Waals surface area contributed by atoms with E-state index in [0.717, 1.165) is 27.8 Å². The van der Waals surface area contributed by atoms with E-state index in [0.29, 0.717) is 33.9 Å². The molecule has 0 saturated heterocycles. The van der Waals surface area contributed by atoms with Crippen molar-refractivity contribution in [1.29, 1.82) is 0 Å². The number of hydrogen-bond acceptors (Lipinski definition) is 8. The molecule has 1 N–H and O–H groups in total. The second kappa shape index (κ2) is 12.3. The minimum atomic E-state index is -0.305. The van der Waals surface area contributed by atoms with E-state index in [-0.39, 0.29) is 12.5 Å². The van der Waals surface area contributed by atoms with E-state index < -0.39 is 0 Å². The normalized spacial score (nSPS) is 11.0. The molecule has 1 aromatic heterocycles. The minimum absolute atomic E-state index is 0.188. The number of nitrogens with zero attached hydrogens (tertiary/aromatic N) is 1. The van der Waals surface area contributed by atoms with Crippen LogP contribution in [0.15, 0.2) is 48.5 Å². The van der Waals surface area contributed by atoms with E-state index in [2.05, 4.69) is 23.3 Å². The van der Waals surface area contributed by atoms with Crippen molar-refractivity contribution in [3.05, 3.63) is 65.2 Å². The lowest BCUT2D eigenvalue weighted by Crippen LogP contribution is -2.20. The molecule has 8 nitrogen and oxygen atoms in total. The van der Waals surface area contributed by atoms with Gasteiger partial charge in [-0.2, -0.15) is 0 Å². The van der Waals surface area contributed by atoms with Crippen LogP contribution in [0, 0.1) is 0 Å². The third-order valence-corrected chi connectivity index (χ3v) is 6.74.